The standard InChI is InChI=1S/C14H22N4O3S/c1-3-22(20,21)18-6-4-14(5-7-18)12(8-13(19)16-14)11-9-15-17(2)10-11/h9-10,12H,3-8H2,1-2H3,(H,16,19)/t12-/m1/s1. The molecule has 3 rings (SSSR count). The lowest BCUT2D eigenvalue weighted by Gasteiger charge is -2.42. The van der Waals surface area contributed by atoms with Gasteiger partial charge in [-0.15, -0.1) is 0 Å². The van der Waals surface area contributed by atoms with Crippen molar-refractivity contribution in [3.63, 3.8) is 0 Å². The van der Waals surface area contributed by atoms with Crippen LogP contribution in [-0.2, 0) is 21.9 Å². The van der Waals surface area contributed by atoms with Crippen molar-refractivity contribution in [3.05, 3.63) is 18.0 Å². The van der Waals surface area contributed by atoms with E-state index < -0.39 is 10.0 Å². The summed E-state index contributed by atoms with van der Waals surface area (Å²) >= 11 is 0. The zero-order valence-corrected chi connectivity index (χ0v) is 13.8. The molecule has 1 atom stereocenters. The zero-order chi connectivity index (χ0) is 16.0. The Bertz CT molecular complexity index is 674. The number of hydrogen-bond donors (Lipinski definition) is 1. The number of aryl methyl sites for hydroxylation is 1. The summed E-state index contributed by atoms with van der Waals surface area (Å²) in [5, 5.41) is 7.32. The first kappa shape index (κ1) is 15.5. The Balaban J connectivity index is 1.82. The average molecular weight is 326 g/mol. The number of amides is 1. The Morgan fingerprint density at radius 2 is 2.09 bits per heavy atom. The lowest BCUT2D eigenvalue weighted by atomic mass is 9.75. The van der Waals surface area contributed by atoms with Crippen molar-refractivity contribution in [1.29, 1.82) is 0 Å². The molecule has 0 unspecified atom stereocenters. The van der Waals surface area contributed by atoms with Gasteiger partial charge in [0, 0.05) is 44.2 Å². The molecule has 0 aliphatic carbocycles. The molecule has 2 fully saturated rings. The highest BCUT2D eigenvalue weighted by Gasteiger charge is 2.50. The molecule has 1 spiro atoms. The normalized spacial score (nSPS) is 25.5. The average Bonchev–Trinajstić information content (AvgIpc) is 3.03. The fourth-order valence-electron chi connectivity index (χ4n) is 3.67. The summed E-state index contributed by atoms with van der Waals surface area (Å²) in [6, 6.07) is 0. The first-order chi connectivity index (χ1) is 10.4. The molecule has 0 radical (unpaired) electrons. The fourth-order valence-corrected chi connectivity index (χ4v) is 4.78. The summed E-state index contributed by atoms with van der Waals surface area (Å²) in [5.41, 5.74) is 0.715. The number of sulfonamides is 1. The molecular formula is C14H22N4O3S. The summed E-state index contributed by atoms with van der Waals surface area (Å²) in [7, 11) is -1.30. The number of aromatic nitrogens is 2. The monoisotopic (exact) mass is 326 g/mol. The maximum Gasteiger partial charge on any atom is 0.221 e. The summed E-state index contributed by atoms with van der Waals surface area (Å²) in [6.07, 6.45) is 5.50. The van der Waals surface area contributed by atoms with Gasteiger partial charge in [-0.3, -0.25) is 9.48 Å². The number of rotatable bonds is 3. The van der Waals surface area contributed by atoms with Gasteiger partial charge in [0.15, 0.2) is 0 Å². The van der Waals surface area contributed by atoms with E-state index in [1.807, 2.05) is 19.4 Å². The van der Waals surface area contributed by atoms with Crippen LogP contribution in [0.4, 0.5) is 0 Å². The van der Waals surface area contributed by atoms with E-state index in [2.05, 4.69) is 10.4 Å². The molecule has 122 valence electrons. The van der Waals surface area contributed by atoms with Crippen LogP contribution >= 0.6 is 0 Å². The van der Waals surface area contributed by atoms with Gasteiger partial charge in [0.05, 0.1) is 11.9 Å². The third-order valence-corrected chi connectivity index (χ3v) is 6.83. The van der Waals surface area contributed by atoms with E-state index in [0.717, 1.165) is 5.56 Å². The van der Waals surface area contributed by atoms with Crippen molar-refractivity contribution in [2.45, 2.75) is 37.6 Å². The zero-order valence-electron chi connectivity index (χ0n) is 12.9. The quantitative estimate of drug-likeness (QED) is 0.860. The third kappa shape index (κ3) is 2.54. The Labute approximate surface area is 130 Å². The van der Waals surface area contributed by atoms with Crippen LogP contribution in [0, 0.1) is 0 Å². The fraction of sp³-hybridized carbons (Fsp3) is 0.714. The van der Waals surface area contributed by atoms with Crippen LogP contribution < -0.4 is 5.32 Å². The maximum absolute atomic E-state index is 12.0. The molecule has 1 amide bonds. The van der Waals surface area contributed by atoms with Crippen LogP contribution in [0.1, 0.15) is 37.7 Å². The molecule has 0 bridgehead atoms. The number of carbonyl (C=O) groups is 1. The van der Waals surface area contributed by atoms with E-state index in [1.165, 1.54) is 0 Å². The molecule has 7 nitrogen and oxygen atoms in total. The lowest BCUT2D eigenvalue weighted by Crippen LogP contribution is -2.54. The van der Waals surface area contributed by atoms with Crippen molar-refractivity contribution >= 4 is 15.9 Å². The largest absolute Gasteiger partial charge is 0.350 e. The predicted octanol–water partition coefficient (Wildman–Crippen LogP) is 0.208. The molecule has 2 aliphatic rings. The highest BCUT2D eigenvalue weighted by Crippen LogP contribution is 2.43. The number of hydrogen-bond acceptors (Lipinski definition) is 4. The Kier molecular flexibility index (Phi) is 3.76. The summed E-state index contributed by atoms with van der Waals surface area (Å²) in [5.74, 6) is 0.235. The molecule has 1 N–H and O–H groups in total. The Morgan fingerprint density at radius 3 is 2.64 bits per heavy atom. The second-order valence-electron chi connectivity index (χ2n) is 6.21. The van der Waals surface area contributed by atoms with E-state index in [0.29, 0.717) is 32.4 Å². The van der Waals surface area contributed by atoms with Gasteiger partial charge in [-0.1, -0.05) is 0 Å². The molecule has 8 heteroatoms. The van der Waals surface area contributed by atoms with Crippen molar-refractivity contribution in [3.8, 4) is 0 Å². The molecule has 2 aliphatic heterocycles. The van der Waals surface area contributed by atoms with Gasteiger partial charge in [0.25, 0.3) is 0 Å². The molecule has 1 aromatic heterocycles. The smallest absolute Gasteiger partial charge is 0.221 e. The van der Waals surface area contributed by atoms with Gasteiger partial charge < -0.3 is 5.32 Å². The van der Waals surface area contributed by atoms with Crippen LogP contribution in [0.5, 0.6) is 0 Å². The third-order valence-electron chi connectivity index (χ3n) is 4.94. The Morgan fingerprint density at radius 1 is 1.41 bits per heavy atom. The van der Waals surface area contributed by atoms with Gasteiger partial charge in [0.1, 0.15) is 0 Å². The minimum atomic E-state index is -3.15. The minimum Gasteiger partial charge on any atom is -0.350 e. The van der Waals surface area contributed by atoms with Gasteiger partial charge in [-0.05, 0) is 25.3 Å². The molecule has 0 saturated carbocycles. The number of nitrogens with zero attached hydrogens (tertiary/aromatic N) is 3. The second-order valence-corrected chi connectivity index (χ2v) is 8.47. The molecule has 3 heterocycles. The van der Waals surface area contributed by atoms with Gasteiger partial charge >= 0.3 is 0 Å². The number of piperidine rings is 1. The van der Waals surface area contributed by atoms with E-state index in [9.17, 15) is 13.2 Å². The SMILES string of the molecule is CCS(=O)(=O)N1CCC2(CC1)NC(=O)C[C@@H]2c1cnn(C)c1. The highest BCUT2D eigenvalue weighted by molar-refractivity contribution is 7.89. The number of carbonyl (C=O) groups excluding carboxylic acids is 1. The second kappa shape index (κ2) is 5.34. The summed E-state index contributed by atoms with van der Waals surface area (Å²) in [6.45, 7) is 2.59. The summed E-state index contributed by atoms with van der Waals surface area (Å²) < 4.78 is 27.3. The maximum atomic E-state index is 12.0. The van der Waals surface area contributed by atoms with Crippen LogP contribution in [0.2, 0.25) is 0 Å². The van der Waals surface area contributed by atoms with Crippen LogP contribution in [-0.4, -0.2) is 52.8 Å². The first-order valence-electron chi connectivity index (χ1n) is 7.64. The van der Waals surface area contributed by atoms with Gasteiger partial charge in [-0.2, -0.15) is 5.10 Å². The minimum absolute atomic E-state index is 0.0423. The molecule has 2 saturated heterocycles. The van der Waals surface area contributed by atoms with Crippen LogP contribution in [0.15, 0.2) is 12.4 Å². The first-order valence-corrected chi connectivity index (χ1v) is 9.24. The van der Waals surface area contributed by atoms with E-state index in [-0.39, 0.29) is 23.1 Å². The molecule has 22 heavy (non-hydrogen) atoms. The summed E-state index contributed by atoms with van der Waals surface area (Å²) in [4.78, 5) is 12.0. The van der Waals surface area contributed by atoms with Crippen LogP contribution in [0.3, 0.4) is 0 Å². The van der Waals surface area contributed by atoms with Crippen molar-refractivity contribution in [2.75, 3.05) is 18.8 Å². The lowest BCUT2D eigenvalue weighted by molar-refractivity contribution is -0.120. The van der Waals surface area contributed by atoms with Crippen molar-refractivity contribution < 1.29 is 13.2 Å². The van der Waals surface area contributed by atoms with Gasteiger partial charge in [-0.25, -0.2) is 12.7 Å². The van der Waals surface area contributed by atoms with Crippen molar-refractivity contribution in [1.82, 2.24) is 19.4 Å². The van der Waals surface area contributed by atoms with Crippen LogP contribution in [0.25, 0.3) is 0 Å². The topological polar surface area (TPSA) is 84.3 Å². The highest BCUT2D eigenvalue weighted by atomic mass is 32.2. The predicted molar refractivity (Wildman–Crippen MR) is 81.7 cm³/mol. The van der Waals surface area contributed by atoms with Gasteiger partial charge in [0.2, 0.25) is 15.9 Å². The number of nitrogens with one attached hydrogen (secondary N) is 1. The molecule has 1 aromatic rings. The molecule has 0 aromatic carbocycles. The Hall–Kier alpha value is -1.41. The van der Waals surface area contributed by atoms with E-state index in [4.69, 9.17) is 0 Å². The van der Waals surface area contributed by atoms with E-state index in [1.54, 1.807) is 15.9 Å². The van der Waals surface area contributed by atoms with E-state index >= 15 is 0 Å². The van der Waals surface area contributed by atoms with Crippen molar-refractivity contribution in [2.24, 2.45) is 7.05 Å². The molecular weight excluding hydrogens is 304 g/mol.